The highest BCUT2D eigenvalue weighted by atomic mass is 32.2. The Labute approximate surface area is 97.1 Å². The fourth-order valence-electron chi connectivity index (χ4n) is 1.61. The predicted molar refractivity (Wildman–Crippen MR) is 55.4 cm³/mol. The van der Waals surface area contributed by atoms with E-state index in [2.05, 4.69) is 0 Å². The summed E-state index contributed by atoms with van der Waals surface area (Å²) in [6.45, 7) is 0. The van der Waals surface area contributed by atoms with Gasteiger partial charge in [0.15, 0.2) is 0 Å². The van der Waals surface area contributed by atoms with E-state index in [4.69, 9.17) is 5.73 Å². The molecular weight excluding hydrogens is 254 g/mol. The van der Waals surface area contributed by atoms with Crippen LogP contribution in [0.3, 0.4) is 0 Å². The molecule has 0 aliphatic heterocycles. The number of amides is 1. The maximum absolute atomic E-state index is 12.0. The van der Waals surface area contributed by atoms with Gasteiger partial charge in [0.05, 0.1) is 5.25 Å². The molecule has 0 heterocycles. The SMILES string of the molecule is N[C@]1(C(=O)NS(=O)(=O)C2CC2)C[C@H]1C=C(F)F. The molecule has 2 aliphatic rings. The summed E-state index contributed by atoms with van der Waals surface area (Å²) in [6.07, 6.45) is -0.259. The predicted octanol–water partition coefficient (Wildman–Crippen LogP) is 0.0926. The Morgan fingerprint density at radius 2 is 2.00 bits per heavy atom. The summed E-state index contributed by atoms with van der Waals surface area (Å²) in [4.78, 5) is 11.6. The average Bonchev–Trinajstić information content (AvgIpc) is 3.00. The lowest BCUT2D eigenvalue weighted by atomic mass is 10.2. The second-order valence-corrected chi connectivity index (χ2v) is 6.44. The Hall–Kier alpha value is -1.02. The topological polar surface area (TPSA) is 89.3 Å². The molecule has 8 heteroatoms. The number of halogens is 2. The third kappa shape index (κ3) is 2.47. The van der Waals surface area contributed by atoms with Crippen LogP contribution in [0.1, 0.15) is 19.3 Å². The van der Waals surface area contributed by atoms with Crippen molar-refractivity contribution in [1.29, 1.82) is 0 Å². The molecule has 2 atom stereocenters. The van der Waals surface area contributed by atoms with Gasteiger partial charge in [-0.25, -0.2) is 8.42 Å². The summed E-state index contributed by atoms with van der Waals surface area (Å²) in [5.41, 5.74) is 4.05. The van der Waals surface area contributed by atoms with Crippen LogP contribution in [0.15, 0.2) is 12.2 Å². The fourth-order valence-corrected chi connectivity index (χ4v) is 2.98. The first-order chi connectivity index (χ1) is 7.75. The molecule has 2 rings (SSSR count). The van der Waals surface area contributed by atoms with Gasteiger partial charge in [-0.1, -0.05) is 0 Å². The Balaban J connectivity index is 2.00. The molecule has 1 amide bonds. The molecule has 0 aromatic heterocycles. The molecule has 2 saturated carbocycles. The third-order valence-corrected chi connectivity index (χ3v) is 4.83. The molecule has 0 aromatic carbocycles. The van der Waals surface area contributed by atoms with E-state index in [9.17, 15) is 22.0 Å². The van der Waals surface area contributed by atoms with Crippen molar-refractivity contribution in [2.45, 2.75) is 30.1 Å². The normalized spacial score (nSPS) is 31.8. The number of carbonyl (C=O) groups excluding carboxylic acids is 1. The Morgan fingerprint density at radius 3 is 2.47 bits per heavy atom. The minimum absolute atomic E-state index is 0.0381. The van der Waals surface area contributed by atoms with Crippen LogP contribution in [0.5, 0.6) is 0 Å². The van der Waals surface area contributed by atoms with E-state index in [1.165, 1.54) is 0 Å². The van der Waals surface area contributed by atoms with E-state index < -0.39 is 38.7 Å². The summed E-state index contributed by atoms with van der Waals surface area (Å²) < 4.78 is 48.7. The maximum Gasteiger partial charge on any atom is 0.266 e. The molecule has 17 heavy (non-hydrogen) atoms. The van der Waals surface area contributed by atoms with Crippen molar-refractivity contribution < 1.29 is 22.0 Å². The van der Waals surface area contributed by atoms with Crippen molar-refractivity contribution in [2.24, 2.45) is 11.7 Å². The van der Waals surface area contributed by atoms with Gasteiger partial charge in [-0.3, -0.25) is 9.52 Å². The molecule has 0 unspecified atom stereocenters. The number of hydrogen-bond acceptors (Lipinski definition) is 4. The minimum Gasteiger partial charge on any atom is -0.317 e. The number of hydrogen-bond donors (Lipinski definition) is 2. The zero-order valence-electron chi connectivity index (χ0n) is 8.82. The van der Waals surface area contributed by atoms with Crippen molar-refractivity contribution in [3.8, 4) is 0 Å². The Kier molecular flexibility index (Phi) is 2.74. The molecule has 0 bridgehead atoms. The van der Waals surface area contributed by atoms with E-state index in [1.54, 1.807) is 0 Å². The lowest BCUT2D eigenvalue weighted by Gasteiger charge is -2.11. The van der Waals surface area contributed by atoms with E-state index in [1.807, 2.05) is 4.72 Å². The minimum atomic E-state index is -3.67. The number of sulfonamides is 1. The lowest BCUT2D eigenvalue weighted by Crippen LogP contribution is -2.47. The molecule has 96 valence electrons. The first-order valence-electron chi connectivity index (χ1n) is 5.13. The van der Waals surface area contributed by atoms with E-state index in [0.717, 1.165) is 0 Å². The Morgan fingerprint density at radius 1 is 1.41 bits per heavy atom. The summed E-state index contributed by atoms with van der Waals surface area (Å²) in [5.74, 6) is -1.69. The fraction of sp³-hybridized carbons (Fsp3) is 0.667. The molecule has 3 N–H and O–H groups in total. The highest BCUT2D eigenvalue weighted by Crippen LogP contribution is 2.43. The Bertz CT molecular complexity index is 482. The van der Waals surface area contributed by atoms with Crippen LogP contribution in [0, 0.1) is 5.92 Å². The first kappa shape index (κ1) is 12.4. The summed E-state index contributed by atoms with van der Waals surface area (Å²) in [6, 6.07) is 0. The number of nitrogens with two attached hydrogens (primary N) is 1. The summed E-state index contributed by atoms with van der Waals surface area (Å²) >= 11 is 0. The molecule has 0 radical (unpaired) electrons. The van der Waals surface area contributed by atoms with Crippen LogP contribution < -0.4 is 10.5 Å². The monoisotopic (exact) mass is 266 g/mol. The van der Waals surface area contributed by atoms with Gasteiger partial charge >= 0.3 is 0 Å². The molecule has 0 aromatic rings. The zero-order valence-corrected chi connectivity index (χ0v) is 9.64. The molecule has 0 saturated heterocycles. The zero-order chi connectivity index (χ0) is 12.8. The molecule has 0 spiro atoms. The van der Waals surface area contributed by atoms with E-state index >= 15 is 0 Å². The second kappa shape index (κ2) is 3.74. The summed E-state index contributed by atoms with van der Waals surface area (Å²) in [5, 5.41) is -0.541. The van der Waals surface area contributed by atoms with E-state index in [-0.39, 0.29) is 6.42 Å². The van der Waals surface area contributed by atoms with Crippen LogP contribution in [-0.2, 0) is 14.8 Å². The maximum atomic E-state index is 12.0. The van der Waals surface area contributed by atoms with Crippen molar-refractivity contribution in [3.05, 3.63) is 12.2 Å². The van der Waals surface area contributed by atoms with Crippen molar-refractivity contribution in [1.82, 2.24) is 4.72 Å². The molecule has 5 nitrogen and oxygen atoms in total. The van der Waals surface area contributed by atoms with Gasteiger partial charge in [0, 0.05) is 5.92 Å². The first-order valence-corrected chi connectivity index (χ1v) is 6.68. The molecule has 2 aliphatic carbocycles. The van der Waals surface area contributed by atoms with Gasteiger partial charge in [-0.05, 0) is 25.3 Å². The standard InChI is InChI=1S/C9H12F2N2O3S/c10-7(11)3-5-4-9(5,12)8(14)13-17(15,16)6-1-2-6/h3,5-6H,1-2,4,12H2,(H,13,14)/t5-,9-/m1/s1. The van der Waals surface area contributed by atoms with Crippen LogP contribution in [-0.4, -0.2) is 25.1 Å². The second-order valence-electron chi connectivity index (χ2n) is 4.48. The van der Waals surface area contributed by atoms with Crippen molar-refractivity contribution >= 4 is 15.9 Å². The van der Waals surface area contributed by atoms with Crippen LogP contribution in [0.25, 0.3) is 0 Å². The smallest absolute Gasteiger partial charge is 0.266 e. The highest BCUT2D eigenvalue weighted by Gasteiger charge is 2.57. The van der Waals surface area contributed by atoms with Gasteiger partial charge in [-0.15, -0.1) is 0 Å². The van der Waals surface area contributed by atoms with Crippen LogP contribution in [0.4, 0.5) is 8.78 Å². The van der Waals surface area contributed by atoms with Gasteiger partial charge < -0.3 is 5.73 Å². The van der Waals surface area contributed by atoms with Gasteiger partial charge in [-0.2, -0.15) is 8.78 Å². The van der Waals surface area contributed by atoms with Crippen LogP contribution in [0.2, 0.25) is 0 Å². The average molecular weight is 266 g/mol. The van der Waals surface area contributed by atoms with Gasteiger partial charge in [0.1, 0.15) is 5.54 Å². The van der Waals surface area contributed by atoms with E-state index in [0.29, 0.717) is 18.9 Å². The van der Waals surface area contributed by atoms with Crippen molar-refractivity contribution in [2.75, 3.05) is 0 Å². The lowest BCUT2D eigenvalue weighted by molar-refractivity contribution is -0.121. The number of rotatable bonds is 4. The summed E-state index contributed by atoms with van der Waals surface area (Å²) in [7, 11) is -3.67. The third-order valence-electron chi connectivity index (χ3n) is 3.01. The quantitative estimate of drug-likeness (QED) is 0.754. The number of carbonyl (C=O) groups is 1. The van der Waals surface area contributed by atoms with Gasteiger partial charge in [0.25, 0.3) is 12.0 Å². The number of nitrogens with one attached hydrogen (secondary N) is 1. The largest absolute Gasteiger partial charge is 0.317 e. The van der Waals surface area contributed by atoms with Gasteiger partial charge in [0.2, 0.25) is 10.0 Å². The van der Waals surface area contributed by atoms with Crippen molar-refractivity contribution in [3.63, 3.8) is 0 Å². The van der Waals surface area contributed by atoms with Crippen LogP contribution >= 0.6 is 0 Å². The highest BCUT2D eigenvalue weighted by molar-refractivity contribution is 7.90. The molecule has 2 fully saturated rings. The molecular formula is C9H12F2N2O3S.